The van der Waals surface area contributed by atoms with E-state index >= 15 is 8.78 Å². The highest BCUT2D eigenvalue weighted by Gasteiger charge is 2.78. The average molecular weight is 523 g/mol. The molecule has 0 aliphatic heterocycles. The van der Waals surface area contributed by atoms with E-state index in [0.29, 0.717) is 11.3 Å². The molecular weight excluding hydrogens is 494 g/mol. The van der Waals surface area contributed by atoms with Crippen molar-refractivity contribution in [3.05, 3.63) is 46.2 Å². The average Bonchev–Trinajstić information content (AvgIpc) is 3.39. The molecule has 0 aromatic carbocycles. The lowest BCUT2D eigenvalue weighted by atomic mass is 9.44. The zero-order valence-electron chi connectivity index (χ0n) is 19.7. The van der Waals surface area contributed by atoms with Gasteiger partial charge in [-0.3, -0.25) is 9.59 Å². The van der Waals surface area contributed by atoms with Crippen molar-refractivity contribution in [1.82, 2.24) is 0 Å². The van der Waals surface area contributed by atoms with Gasteiger partial charge in [0.2, 0.25) is 5.12 Å². The molecule has 0 amide bonds. The highest BCUT2D eigenvalue weighted by Crippen LogP contribution is 2.71. The fraction of sp³-hybridized carbons (Fsp3) is 0.577. The van der Waals surface area contributed by atoms with Crippen LogP contribution in [0.25, 0.3) is 0 Å². The Morgan fingerprint density at radius 3 is 2.60 bits per heavy atom. The molecule has 3 saturated carbocycles. The molecule has 4 aliphatic carbocycles. The van der Waals surface area contributed by atoms with Gasteiger partial charge >= 0.3 is 5.97 Å². The third-order valence-corrected chi connectivity index (χ3v) is 10.6. The minimum Gasteiger partial charge on any atom is -0.445 e. The molecule has 9 heteroatoms. The first-order valence-corrected chi connectivity index (χ1v) is 13.1. The Labute approximate surface area is 212 Å². The standard InChI is InChI=1S/C26H28F2O5S2/c1-13-9-15-16-11-18(27)17-10-14(29)6-7-23(17,2)25(16,28)20(30)12-24(15,3)26(13,22(32)34)33-21(31)19-5-4-8-35-19/h4-8,10,13,15-16,18,20,30H,9,11-12H2,1-3H3,(H,32,34)/t13?,15-,16-,18?,20?,23-,24-,25?,26?/m0/s1. The van der Waals surface area contributed by atoms with E-state index in [2.05, 4.69) is 12.6 Å². The van der Waals surface area contributed by atoms with Gasteiger partial charge < -0.3 is 9.84 Å². The number of aliphatic hydroxyl groups is 1. The number of esters is 1. The summed E-state index contributed by atoms with van der Waals surface area (Å²) in [5.74, 6) is -3.16. The molecule has 0 radical (unpaired) electrons. The number of thiophene rings is 1. The second-order valence-electron chi connectivity index (χ2n) is 10.9. The van der Waals surface area contributed by atoms with Gasteiger partial charge in [-0.15, -0.1) is 24.0 Å². The van der Waals surface area contributed by atoms with Crippen LogP contribution in [0.4, 0.5) is 8.78 Å². The highest BCUT2D eigenvalue weighted by atomic mass is 32.1. The van der Waals surface area contributed by atoms with Gasteiger partial charge in [0.05, 0.1) is 6.10 Å². The summed E-state index contributed by atoms with van der Waals surface area (Å²) in [4.78, 5) is 38.5. The molecule has 9 atom stereocenters. The molecule has 35 heavy (non-hydrogen) atoms. The van der Waals surface area contributed by atoms with Crippen molar-refractivity contribution >= 4 is 40.8 Å². The Morgan fingerprint density at radius 2 is 1.97 bits per heavy atom. The topological polar surface area (TPSA) is 80.7 Å². The number of ketones is 1. The van der Waals surface area contributed by atoms with Crippen molar-refractivity contribution in [2.24, 2.45) is 28.6 Å². The Kier molecular flexibility index (Phi) is 5.55. The number of hydrogen-bond donors (Lipinski definition) is 2. The fourth-order valence-corrected chi connectivity index (χ4v) is 8.95. The number of alkyl halides is 2. The number of thiol groups is 1. The van der Waals surface area contributed by atoms with Crippen LogP contribution >= 0.6 is 24.0 Å². The smallest absolute Gasteiger partial charge is 0.349 e. The predicted molar refractivity (Wildman–Crippen MR) is 130 cm³/mol. The quantitative estimate of drug-likeness (QED) is 0.446. The molecule has 3 fully saturated rings. The second kappa shape index (κ2) is 7.83. The van der Waals surface area contributed by atoms with Crippen molar-refractivity contribution in [3.63, 3.8) is 0 Å². The normalized spacial score (nSPS) is 46.3. The van der Waals surface area contributed by atoms with E-state index in [1.54, 1.807) is 31.4 Å². The van der Waals surface area contributed by atoms with Crippen LogP contribution < -0.4 is 0 Å². The molecule has 0 saturated heterocycles. The van der Waals surface area contributed by atoms with E-state index in [9.17, 15) is 19.5 Å². The van der Waals surface area contributed by atoms with Crippen molar-refractivity contribution in [2.75, 3.05) is 0 Å². The second-order valence-corrected chi connectivity index (χ2v) is 12.3. The van der Waals surface area contributed by atoms with Gasteiger partial charge in [0.1, 0.15) is 11.0 Å². The SMILES string of the molecule is CC1C[C@H]2[C@@H]3CC(F)C4=CC(=O)C=C[C@]4(C)C3(F)C(O)C[C@]2(C)C1(OC(=O)c1cccs1)C(=O)S. The number of halogens is 2. The van der Waals surface area contributed by atoms with Crippen LogP contribution in [0.1, 0.15) is 49.7 Å². The van der Waals surface area contributed by atoms with Crippen LogP contribution in [-0.2, 0) is 14.3 Å². The molecule has 1 heterocycles. The van der Waals surface area contributed by atoms with E-state index in [0.717, 1.165) is 6.08 Å². The Morgan fingerprint density at radius 1 is 1.26 bits per heavy atom. The van der Waals surface area contributed by atoms with Crippen LogP contribution in [0.15, 0.2) is 41.3 Å². The van der Waals surface area contributed by atoms with E-state index in [1.807, 2.05) is 0 Å². The number of hydrogen-bond acceptors (Lipinski definition) is 6. The Balaban J connectivity index is 1.62. The lowest BCUT2D eigenvalue weighted by molar-refractivity contribution is -0.221. The number of allylic oxidation sites excluding steroid dienone is 4. The largest absolute Gasteiger partial charge is 0.445 e. The predicted octanol–water partition coefficient (Wildman–Crippen LogP) is 4.66. The summed E-state index contributed by atoms with van der Waals surface area (Å²) in [6.07, 6.45) is 0.454. The van der Waals surface area contributed by atoms with Gasteiger partial charge in [0.25, 0.3) is 0 Å². The molecule has 0 bridgehead atoms. The summed E-state index contributed by atoms with van der Waals surface area (Å²) >= 11 is 5.32. The summed E-state index contributed by atoms with van der Waals surface area (Å²) in [5, 5.41) is 12.5. The van der Waals surface area contributed by atoms with Crippen molar-refractivity contribution in [3.8, 4) is 0 Å². The lowest BCUT2D eigenvalue weighted by Gasteiger charge is -2.63. The summed E-state index contributed by atoms with van der Waals surface area (Å²) in [5.41, 5.74) is -6.64. The molecule has 5 nitrogen and oxygen atoms in total. The maximum atomic E-state index is 17.3. The van der Waals surface area contributed by atoms with Gasteiger partial charge in [0, 0.05) is 22.7 Å². The van der Waals surface area contributed by atoms with E-state index in [1.165, 1.54) is 30.4 Å². The van der Waals surface area contributed by atoms with Gasteiger partial charge in [-0.25, -0.2) is 13.6 Å². The number of carbonyl (C=O) groups is 3. The first-order chi connectivity index (χ1) is 16.3. The van der Waals surface area contributed by atoms with Crippen LogP contribution in [0.3, 0.4) is 0 Å². The number of rotatable bonds is 3. The molecule has 4 aliphatic rings. The molecule has 5 rings (SSSR count). The summed E-state index contributed by atoms with van der Waals surface area (Å²) < 4.78 is 38.8. The van der Waals surface area contributed by atoms with Crippen LogP contribution in [0, 0.1) is 28.6 Å². The third kappa shape index (κ3) is 2.98. The molecule has 0 spiro atoms. The summed E-state index contributed by atoms with van der Waals surface area (Å²) in [7, 11) is 0. The molecule has 188 valence electrons. The first kappa shape index (κ1) is 24.8. The summed E-state index contributed by atoms with van der Waals surface area (Å²) in [6, 6.07) is 3.28. The van der Waals surface area contributed by atoms with Crippen molar-refractivity contribution < 1.29 is 33.0 Å². The molecule has 1 N–H and O–H groups in total. The van der Waals surface area contributed by atoms with E-state index < -0.39 is 69.0 Å². The zero-order chi connectivity index (χ0) is 25.6. The number of fused-ring (bicyclic) bond motifs is 5. The number of carbonyl (C=O) groups excluding carboxylic acids is 3. The molecule has 1 aromatic rings. The lowest BCUT2D eigenvalue weighted by Crippen LogP contribution is -2.70. The van der Waals surface area contributed by atoms with Crippen molar-refractivity contribution in [1.29, 1.82) is 0 Å². The van der Waals surface area contributed by atoms with E-state index in [4.69, 9.17) is 4.74 Å². The van der Waals surface area contributed by atoms with Gasteiger partial charge in [-0.05, 0) is 61.3 Å². The Hall–Kier alpha value is -1.84. The molecule has 1 aromatic heterocycles. The van der Waals surface area contributed by atoms with Gasteiger partial charge in [-0.1, -0.05) is 26.0 Å². The minimum atomic E-state index is -2.27. The Bertz CT molecular complexity index is 1160. The zero-order valence-corrected chi connectivity index (χ0v) is 21.4. The summed E-state index contributed by atoms with van der Waals surface area (Å²) in [6.45, 7) is 5.01. The van der Waals surface area contributed by atoms with Gasteiger partial charge in [0.15, 0.2) is 17.1 Å². The van der Waals surface area contributed by atoms with Crippen LogP contribution in [0.2, 0.25) is 0 Å². The van der Waals surface area contributed by atoms with Crippen LogP contribution in [-0.4, -0.2) is 45.5 Å². The molecular formula is C26H28F2O5S2. The first-order valence-electron chi connectivity index (χ1n) is 11.8. The highest BCUT2D eigenvalue weighted by molar-refractivity contribution is 7.96. The fourth-order valence-electron chi connectivity index (χ4n) is 7.83. The maximum Gasteiger partial charge on any atom is 0.349 e. The van der Waals surface area contributed by atoms with Crippen molar-refractivity contribution in [2.45, 2.75) is 63.6 Å². The number of ether oxygens (including phenoxy) is 1. The third-order valence-electron chi connectivity index (χ3n) is 9.46. The monoisotopic (exact) mass is 522 g/mol. The minimum absolute atomic E-state index is 0.0399. The van der Waals surface area contributed by atoms with Crippen LogP contribution in [0.5, 0.6) is 0 Å². The van der Waals surface area contributed by atoms with E-state index in [-0.39, 0.29) is 18.4 Å². The van der Waals surface area contributed by atoms with Gasteiger partial charge in [-0.2, -0.15) is 0 Å². The number of aliphatic hydroxyl groups excluding tert-OH is 1. The maximum absolute atomic E-state index is 17.3. The molecule has 5 unspecified atom stereocenters.